The van der Waals surface area contributed by atoms with Gasteiger partial charge < -0.3 is 4.74 Å². The highest BCUT2D eigenvalue weighted by Gasteiger charge is 2.07. The molecule has 0 heterocycles. The third kappa shape index (κ3) is 3.39. The van der Waals surface area contributed by atoms with Gasteiger partial charge in [0, 0.05) is 18.2 Å². The molecule has 0 amide bonds. The Morgan fingerprint density at radius 3 is 2.79 bits per heavy atom. The number of rotatable bonds is 4. The Hall–Kier alpha value is -0.410. The molecule has 0 N–H and O–H groups in total. The minimum absolute atomic E-state index is 0.0712. The van der Waals surface area contributed by atoms with Crippen LogP contribution < -0.4 is 0 Å². The van der Waals surface area contributed by atoms with Gasteiger partial charge in [0.05, 0.1) is 0 Å². The fourth-order valence-corrected chi connectivity index (χ4v) is 1.72. The molecule has 0 aliphatic carbocycles. The zero-order valence-electron chi connectivity index (χ0n) is 8.09. The lowest BCUT2D eigenvalue weighted by Crippen LogP contribution is -1.99. The molecule has 14 heavy (non-hydrogen) atoms. The van der Waals surface area contributed by atoms with Gasteiger partial charge in [-0.1, -0.05) is 15.9 Å². The molecule has 1 atom stereocenters. The molecular weight excluding hydrogens is 247 g/mol. The van der Waals surface area contributed by atoms with Crippen LogP contribution in [0.2, 0.25) is 0 Å². The van der Waals surface area contributed by atoms with E-state index in [1.807, 2.05) is 6.07 Å². The summed E-state index contributed by atoms with van der Waals surface area (Å²) in [6, 6.07) is 4.83. The molecule has 0 saturated heterocycles. The van der Waals surface area contributed by atoms with Crippen LogP contribution in [0, 0.1) is 12.7 Å². The Balaban J connectivity index is 2.73. The fraction of sp³-hybridized carbons (Fsp3) is 0.364. The molecule has 1 unspecified atom stereocenters. The Kier molecular flexibility index (Phi) is 4.55. The second kappa shape index (κ2) is 5.47. The van der Waals surface area contributed by atoms with E-state index in [0.29, 0.717) is 6.61 Å². The maximum atomic E-state index is 13.0. The smallest absolute Gasteiger partial charge is 0.124 e. The van der Waals surface area contributed by atoms with Crippen LogP contribution in [0.25, 0.3) is 0 Å². The number of halogens is 2. The molecule has 1 aromatic rings. The van der Waals surface area contributed by atoms with Gasteiger partial charge in [0.25, 0.3) is 0 Å². The number of benzene rings is 1. The monoisotopic (exact) mass is 259 g/mol. The average molecular weight is 260 g/mol. The first-order valence-electron chi connectivity index (χ1n) is 4.41. The molecule has 0 aromatic heterocycles. The third-order valence-corrected chi connectivity index (χ3v) is 2.48. The first-order valence-corrected chi connectivity index (χ1v) is 5.21. The van der Waals surface area contributed by atoms with Crippen LogP contribution in [0.15, 0.2) is 22.7 Å². The number of methoxy groups -OCH3 is 1. The van der Waals surface area contributed by atoms with Gasteiger partial charge in [-0.3, -0.25) is 0 Å². The van der Waals surface area contributed by atoms with Crippen molar-refractivity contribution < 1.29 is 9.13 Å². The predicted octanol–water partition coefficient (Wildman–Crippen LogP) is 3.54. The highest BCUT2D eigenvalue weighted by Crippen LogP contribution is 2.23. The van der Waals surface area contributed by atoms with Gasteiger partial charge in [-0.15, -0.1) is 0 Å². The van der Waals surface area contributed by atoms with E-state index in [2.05, 4.69) is 22.9 Å². The average Bonchev–Trinajstić information content (AvgIpc) is 2.12. The van der Waals surface area contributed by atoms with Crippen molar-refractivity contribution in [2.75, 3.05) is 13.7 Å². The first kappa shape index (κ1) is 11.7. The lowest BCUT2D eigenvalue weighted by atomic mass is 9.98. The first-order chi connectivity index (χ1) is 6.63. The molecule has 0 fully saturated rings. The second-order valence-electron chi connectivity index (χ2n) is 3.18. The zero-order chi connectivity index (χ0) is 10.6. The summed E-state index contributed by atoms with van der Waals surface area (Å²) in [6.07, 6.45) is 0.798. The van der Waals surface area contributed by atoms with E-state index in [1.54, 1.807) is 7.11 Å². The molecule has 0 saturated carbocycles. The Bertz CT molecular complexity index is 281. The molecule has 1 aromatic carbocycles. The quantitative estimate of drug-likeness (QED) is 0.804. The summed E-state index contributed by atoms with van der Waals surface area (Å²) in [6.45, 7) is 4.60. The van der Waals surface area contributed by atoms with E-state index < -0.39 is 0 Å². The standard InChI is InChI=1S/C11H13BrFO/c1-8(3-4-14-2)9-5-10(12)7-11(13)6-9/h5-8H,1,3-4H2,2H3. The predicted molar refractivity (Wildman–Crippen MR) is 58.7 cm³/mol. The topological polar surface area (TPSA) is 9.23 Å². The normalized spacial score (nSPS) is 12.9. The Labute approximate surface area is 92.4 Å². The molecule has 1 radical (unpaired) electrons. The van der Waals surface area contributed by atoms with Crippen molar-refractivity contribution >= 4 is 15.9 Å². The molecule has 1 rings (SSSR count). The molecule has 0 bridgehead atoms. The van der Waals surface area contributed by atoms with E-state index in [9.17, 15) is 4.39 Å². The van der Waals surface area contributed by atoms with Crippen LogP contribution in [0.4, 0.5) is 4.39 Å². The van der Waals surface area contributed by atoms with Crippen molar-refractivity contribution in [2.24, 2.45) is 0 Å². The molecule has 0 aliphatic heterocycles. The van der Waals surface area contributed by atoms with E-state index in [0.717, 1.165) is 16.5 Å². The van der Waals surface area contributed by atoms with Gasteiger partial charge in [0.1, 0.15) is 5.82 Å². The highest BCUT2D eigenvalue weighted by molar-refractivity contribution is 9.10. The van der Waals surface area contributed by atoms with E-state index >= 15 is 0 Å². The lowest BCUT2D eigenvalue weighted by molar-refractivity contribution is 0.191. The number of hydrogen-bond acceptors (Lipinski definition) is 1. The van der Waals surface area contributed by atoms with Gasteiger partial charge in [-0.05, 0) is 43.0 Å². The van der Waals surface area contributed by atoms with Crippen molar-refractivity contribution in [3.8, 4) is 0 Å². The maximum Gasteiger partial charge on any atom is 0.124 e. The zero-order valence-corrected chi connectivity index (χ0v) is 9.68. The summed E-state index contributed by atoms with van der Waals surface area (Å²) < 4.78 is 18.7. The summed E-state index contributed by atoms with van der Waals surface area (Å²) >= 11 is 3.25. The highest BCUT2D eigenvalue weighted by atomic mass is 79.9. The van der Waals surface area contributed by atoms with Crippen LogP contribution in [0.5, 0.6) is 0 Å². The van der Waals surface area contributed by atoms with E-state index in [1.165, 1.54) is 12.1 Å². The van der Waals surface area contributed by atoms with Gasteiger partial charge in [0.15, 0.2) is 0 Å². The summed E-state index contributed by atoms with van der Waals surface area (Å²) in [5.74, 6) is -0.164. The van der Waals surface area contributed by atoms with Gasteiger partial charge in [0.2, 0.25) is 0 Å². The Morgan fingerprint density at radius 2 is 2.21 bits per heavy atom. The van der Waals surface area contributed by atoms with E-state index in [-0.39, 0.29) is 11.7 Å². The summed E-state index contributed by atoms with van der Waals surface area (Å²) in [7, 11) is 1.65. The van der Waals surface area contributed by atoms with E-state index in [4.69, 9.17) is 4.74 Å². The van der Waals surface area contributed by atoms with Crippen molar-refractivity contribution in [1.82, 2.24) is 0 Å². The minimum Gasteiger partial charge on any atom is -0.385 e. The summed E-state index contributed by atoms with van der Waals surface area (Å²) in [5.41, 5.74) is 0.897. The molecule has 0 aliphatic rings. The molecule has 1 nitrogen and oxygen atoms in total. The summed E-state index contributed by atoms with van der Waals surface area (Å²) in [4.78, 5) is 0. The Morgan fingerprint density at radius 1 is 1.50 bits per heavy atom. The maximum absolute atomic E-state index is 13.0. The van der Waals surface area contributed by atoms with Crippen molar-refractivity contribution in [3.63, 3.8) is 0 Å². The summed E-state index contributed by atoms with van der Waals surface area (Å²) in [5, 5.41) is 0. The third-order valence-electron chi connectivity index (χ3n) is 2.03. The number of ether oxygens (including phenoxy) is 1. The molecule has 77 valence electrons. The number of hydrogen-bond donors (Lipinski definition) is 0. The van der Waals surface area contributed by atoms with Crippen LogP contribution in [0.3, 0.4) is 0 Å². The molecule has 3 heteroatoms. The van der Waals surface area contributed by atoms with Gasteiger partial charge >= 0.3 is 0 Å². The van der Waals surface area contributed by atoms with Crippen LogP contribution in [0.1, 0.15) is 17.9 Å². The largest absolute Gasteiger partial charge is 0.385 e. The molecule has 0 spiro atoms. The van der Waals surface area contributed by atoms with Crippen LogP contribution in [-0.2, 0) is 4.74 Å². The molecular formula is C11H13BrFO. The van der Waals surface area contributed by atoms with Crippen molar-refractivity contribution in [1.29, 1.82) is 0 Å². The van der Waals surface area contributed by atoms with Crippen LogP contribution in [-0.4, -0.2) is 13.7 Å². The van der Waals surface area contributed by atoms with Gasteiger partial charge in [-0.25, -0.2) is 4.39 Å². The van der Waals surface area contributed by atoms with Crippen LogP contribution >= 0.6 is 15.9 Å². The van der Waals surface area contributed by atoms with Crippen molar-refractivity contribution in [3.05, 3.63) is 41.0 Å². The fourth-order valence-electron chi connectivity index (χ4n) is 1.24. The SMILES string of the molecule is [CH2]C(CCOC)c1cc(F)cc(Br)c1. The van der Waals surface area contributed by atoms with Crippen molar-refractivity contribution in [2.45, 2.75) is 12.3 Å². The minimum atomic E-state index is -0.236. The second-order valence-corrected chi connectivity index (χ2v) is 4.10. The van der Waals surface area contributed by atoms with Gasteiger partial charge in [-0.2, -0.15) is 0 Å². The lowest BCUT2D eigenvalue weighted by Gasteiger charge is -2.11.